The predicted octanol–water partition coefficient (Wildman–Crippen LogP) is 2.62. The third-order valence-corrected chi connectivity index (χ3v) is 3.66. The summed E-state index contributed by atoms with van der Waals surface area (Å²) in [6.45, 7) is 2.67. The van der Waals surface area contributed by atoms with Gasteiger partial charge in [-0.3, -0.25) is 0 Å². The molecule has 0 aliphatic carbocycles. The zero-order chi connectivity index (χ0) is 10.6. The molecule has 0 bridgehead atoms. The highest BCUT2D eigenvalue weighted by atomic mass is 127. The van der Waals surface area contributed by atoms with Crippen molar-refractivity contribution in [2.24, 2.45) is 0 Å². The van der Waals surface area contributed by atoms with Crippen LogP contribution in [0, 0.1) is 10.5 Å². The lowest BCUT2D eigenvalue weighted by Crippen LogP contribution is -2.02. The van der Waals surface area contributed by atoms with E-state index >= 15 is 0 Å². The molecule has 0 atom stereocenters. The largest absolute Gasteiger partial charge is 0.385 e. The zero-order valence-electron chi connectivity index (χ0n) is 8.18. The number of halogens is 2. The average molecular weight is 327 g/mol. The molecule has 0 saturated heterocycles. The Kier molecular flexibility index (Phi) is 5.05. The summed E-state index contributed by atoms with van der Waals surface area (Å²) in [4.78, 5) is 8.54. The molecular formula is C9H12ClIN2O. The van der Waals surface area contributed by atoms with E-state index in [1.807, 2.05) is 6.92 Å². The summed E-state index contributed by atoms with van der Waals surface area (Å²) >= 11 is 8.09. The molecule has 0 radical (unpaired) electrons. The predicted molar refractivity (Wildman–Crippen MR) is 64.7 cm³/mol. The van der Waals surface area contributed by atoms with Gasteiger partial charge in [0.25, 0.3) is 0 Å². The molecule has 0 saturated carbocycles. The van der Waals surface area contributed by atoms with Gasteiger partial charge >= 0.3 is 0 Å². The molecule has 1 heterocycles. The van der Waals surface area contributed by atoms with Crippen LogP contribution < -0.4 is 0 Å². The van der Waals surface area contributed by atoms with Gasteiger partial charge in [0.2, 0.25) is 0 Å². The fourth-order valence-corrected chi connectivity index (χ4v) is 1.54. The van der Waals surface area contributed by atoms with Crippen molar-refractivity contribution < 1.29 is 4.74 Å². The summed E-state index contributed by atoms with van der Waals surface area (Å²) in [6, 6.07) is 0. The smallest absolute Gasteiger partial charge is 0.146 e. The molecule has 0 spiro atoms. The van der Waals surface area contributed by atoms with E-state index < -0.39 is 0 Å². The molecular weight excluding hydrogens is 314 g/mol. The minimum atomic E-state index is 0.547. The third-order valence-electron chi connectivity index (χ3n) is 1.77. The Morgan fingerprint density at radius 1 is 1.43 bits per heavy atom. The van der Waals surface area contributed by atoms with E-state index in [-0.39, 0.29) is 0 Å². The lowest BCUT2D eigenvalue weighted by molar-refractivity contribution is 0.194. The van der Waals surface area contributed by atoms with E-state index in [9.17, 15) is 0 Å². The molecule has 0 aliphatic heterocycles. The van der Waals surface area contributed by atoms with Crippen LogP contribution in [0.15, 0.2) is 0 Å². The minimum Gasteiger partial charge on any atom is -0.385 e. The van der Waals surface area contributed by atoms with Crippen LogP contribution in [0.5, 0.6) is 0 Å². The number of aromatic nitrogens is 2. The van der Waals surface area contributed by atoms with E-state index in [4.69, 9.17) is 16.3 Å². The topological polar surface area (TPSA) is 35.0 Å². The molecule has 0 N–H and O–H groups in total. The summed E-state index contributed by atoms with van der Waals surface area (Å²) in [6.07, 6.45) is 1.73. The van der Waals surface area contributed by atoms with Gasteiger partial charge in [-0.2, -0.15) is 0 Å². The lowest BCUT2D eigenvalue weighted by Gasteiger charge is -2.04. The molecule has 5 heteroatoms. The Morgan fingerprint density at radius 2 is 2.14 bits per heavy atom. The highest BCUT2D eigenvalue weighted by molar-refractivity contribution is 14.1. The minimum absolute atomic E-state index is 0.547. The second-order valence-electron chi connectivity index (χ2n) is 2.93. The Bertz CT molecular complexity index is 297. The summed E-state index contributed by atoms with van der Waals surface area (Å²) in [5.41, 5.74) is 0.943. The maximum Gasteiger partial charge on any atom is 0.146 e. The van der Waals surface area contributed by atoms with Crippen molar-refractivity contribution in [3.63, 3.8) is 0 Å². The van der Waals surface area contributed by atoms with Gasteiger partial charge in [0, 0.05) is 20.1 Å². The van der Waals surface area contributed by atoms with Gasteiger partial charge in [0.1, 0.15) is 11.0 Å². The number of nitrogens with zero attached hydrogens (tertiary/aromatic N) is 2. The highest BCUT2D eigenvalue weighted by Crippen LogP contribution is 2.18. The fraction of sp³-hybridized carbons (Fsp3) is 0.556. The quantitative estimate of drug-likeness (QED) is 0.485. The zero-order valence-corrected chi connectivity index (χ0v) is 11.1. The van der Waals surface area contributed by atoms with Crippen molar-refractivity contribution in [3.8, 4) is 0 Å². The van der Waals surface area contributed by atoms with Crippen molar-refractivity contribution in [2.75, 3.05) is 13.7 Å². The molecule has 1 aromatic heterocycles. The Morgan fingerprint density at radius 3 is 2.71 bits per heavy atom. The maximum atomic E-state index is 5.94. The van der Waals surface area contributed by atoms with Crippen molar-refractivity contribution in [1.29, 1.82) is 0 Å². The van der Waals surface area contributed by atoms with Crippen LogP contribution in [0.4, 0.5) is 0 Å². The number of aryl methyl sites for hydroxylation is 2. The van der Waals surface area contributed by atoms with Gasteiger partial charge in [-0.1, -0.05) is 11.6 Å². The molecule has 78 valence electrons. The number of methoxy groups -OCH3 is 1. The van der Waals surface area contributed by atoms with Crippen molar-refractivity contribution in [1.82, 2.24) is 9.97 Å². The standard InChI is InChI=1S/C9H12ClIN2O/c1-6-8(11)9(10)13-7(12-6)4-3-5-14-2/h3-5H2,1-2H3. The van der Waals surface area contributed by atoms with E-state index in [0.29, 0.717) is 5.15 Å². The molecule has 3 nitrogen and oxygen atoms in total. The molecule has 0 amide bonds. The highest BCUT2D eigenvalue weighted by Gasteiger charge is 2.06. The lowest BCUT2D eigenvalue weighted by atomic mass is 10.3. The molecule has 0 aromatic carbocycles. The van der Waals surface area contributed by atoms with Gasteiger partial charge in [0.05, 0.1) is 9.26 Å². The fourth-order valence-electron chi connectivity index (χ4n) is 1.07. The summed E-state index contributed by atoms with van der Waals surface area (Å²) < 4.78 is 5.89. The first-order chi connectivity index (χ1) is 6.65. The first kappa shape index (κ1) is 12.1. The Hall–Kier alpha value is 0.0600. The van der Waals surface area contributed by atoms with Crippen LogP contribution in [0.2, 0.25) is 5.15 Å². The third kappa shape index (κ3) is 3.33. The molecule has 0 aliphatic rings. The van der Waals surface area contributed by atoms with Crippen molar-refractivity contribution >= 4 is 34.2 Å². The van der Waals surface area contributed by atoms with Crippen LogP contribution in [0.1, 0.15) is 17.9 Å². The second kappa shape index (κ2) is 5.82. The van der Waals surface area contributed by atoms with Crippen LogP contribution in [0.25, 0.3) is 0 Å². The van der Waals surface area contributed by atoms with Gasteiger partial charge in [-0.05, 0) is 35.9 Å². The number of rotatable bonds is 4. The van der Waals surface area contributed by atoms with E-state index in [2.05, 4.69) is 32.6 Å². The molecule has 1 rings (SSSR count). The maximum absolute atomic E-state index is 5.94. The first-order valence-corrected chi connectivity index (χ1v) is 5.78. The van der Waals surface area contributed by atoms with E-state index in [1.54, 1.807) is 7.11 Å². The van der Waals surface area contributed by atoms with Gasteiger partial charge in [0.15, 0.2) is 0 Å². The SMILES string of the molecule is COCCCc1nc(C)c(I)c(Cl)n1. The number of ether oxygens (including phenoxy) is 1. The second-order valence-corrected chi connectivity index (χ2v) is 4.36. The van der Waals surface area contributed by atoms with Crippen molar-refractivity contribution in [3.05, 3.63) is 20.2 Å². The number of hydrogen-bond acceptors (Lipinski definition) is 3. The monoisotopic (exact) mass is 326 g/mol. The van der Waals surface area contributed by atoms with Gasteiger partial charge in [-0.15, -0.1) is 0 Å². The summed E-state index contributed by atoms with van der Waals surface area (Å²) in [5.74, 6) is 0.796. The first-order valence-electron chi connectivity index (χ1n) is 4.32. The van der Waals surface area contributed by atoms with Crippen LogP contribution in [0.3, 0.4) is 0 Å². The van der Waals surface area contributed by atoms with Crippen molar-refractivity contribution in [2.45, 2.75) is 19.8 Å². The molecule has 14 heavy (non-hydrogen) atoms. The van der Waals surface area contributed by atoms with Gasteiger partial charge in [-0.25, -0.2) is 9.97 Å². The number of hydrogen-bond donors (Lipinski definition) is 0. The van der Waals surface area contributed by atoms with Gasteiger partial charge < -0.3 is 4.74 Å². The van der Waals surface area contributed by atoms with Crippen LogP contribution in [-0.2, 0) is 11.2 Å². The van der Waals surface area contributed by atoms with Crippen LogP contribution >= 0.6 is 34.2 Å². The average Bonchev–Trinajstić information content (AvgIpc) is 2.14. The summed E-state index contributed by atoms with van der Waals surface area (Å²) in [5, 5.41) is 0.547. The normalized spacial score (nSPS) is 10.6. The summed E-state index contributed by atoms with van der Waals surface area (Å²) in [7, 11) is 1.69. The molecule has 1 aromatic rings. The van der Waals surface area contributed by atoms with E-state index in [1.165, 1.54) is 0 Å². The van der Waals surface area contributed by atoms with Crippen LogP contribution in [-0.4, -0.2) is 23.7 Å². The Labute approximate surface area is 102 Å². The Balaban J connectivity index is 2.69. The van der Waals surface area contributed by atoms with E-state index in [0.717, 1.165) is 34.5 Å². The molecule has 0 fully saturated rings. The molecule has 0 unspecified atom stereocenters.